The molecule has 0 aliphatic heterocycles. The molecule has 0 atom stereocenters. The lowest BCUT2D eigenvalue weighted by molar-refractivity contribution is 0.203. The van der Waals surface area contributed by atoms with Gasteiger partial charge in [0.1, 0.15) is 5.76 Å². The minimum Gasteiger partial charge on any atom is -0.423 e. The van der Waals surface area contributed by atoms with Crippen LogP contribution >= 0.6 is 15.9 Å². The Morgan fingerprint density at radius 1 is 1.70 bits per heavy atom. The Balaban J connectivity index is 2.47. The lowest BCUT2D eigenvalue weighted by Crippen LogP contribution is -1.95. The first-order chi connectivity index (χ1) is 4.79. The van der Waals surface area contributed by atoms with Gasteiger partial charge in [-0.1, -0.05) is 12.2 Å². The van der Waals surface area contributed by atoms with E-state index in [1.165, 1.54) is 0 Å². The van der Waals surface area contributed by atoms with Gasteiger partial charge in [0.25, 0.3) is 0 Å². The van der Waals surface area contributed by atoms with E-state index in [0.717, 1.165) is 18.6 Å². The van der Waals surface area contributed by atoms with Gasteiger partial charge in [-0.05, 0) is 12.5 Å². The molecule has 2 nitrogen and oxygen atoms in total. The molecule has 0 saturated carbocycles. The first-order valence-electron chi connectivity index (χ1n) is 3.02. The molecule has 0 amide bonds. The molecule has 0 radical (unpaired) electrons. The van der Waals surface area contributed by atoms with E-state index >= 15 is 0 Å². The van der Waals surface area contributed by atoms with Gasteiger partial charge < -0.3 is 4.74 Å². The second-order valence-corrected chi connectivity index (χ2v) is 2.59. The zero-order chi connectivity index (χ0) is 7.40. The third-order valence-electron chi connectivity index (χ3n) is 1.19. The second kappa shape index (κ2) is 3.56. The SMILES string of the molecule is O=C(Br)OC1=CC=CCC1. The highest BCUT2D eigenvalue weighted by Crippen LogP contribution is 2.14. The number of rotatable bonds is 1. The molecule has 0 unspecified atom stereocenters. The van der Waals surface area contributed by atoms with Crippen LogP contribution in [-0.2, 0) is 4.74 Å². The van der Waals surface area contributed by atoms with Gasteiger partial charge in [-0.25, -0.2) is 4.79 Å². The molecule has 0 aromatic carbocycles. The van der Waals surface area contributed by atoms with E-state index in [4.69, 9.17) is 4.74 Å². The smallest absolute Gasteiger partial charge is 0.379 e. The molecule has 0 heterocycles. The number of hydrogen-bond donors (Lipinski definition) is 0. The summed E-state index contributed by atoms with van der Waals surface area (Å²) in [6.45, 7) is 0. The van der Waals surface area contributed by atoms with Crippen LogP contribution in [0.4, 0.5) is 4.79 Å². The molecule has 1 aliphatic rings. The van der Waals surface area contributed by atoms with Gasteiger partial charge in [0.2, 0.25) is 0 Å². The van der Waals surface area contributed by atoms with Crippen molar-refractivity contribution in [2.45, 2.75) is 12.8 Å². The van der Waals surface area contributed by atoms with E-state index in [-0.39, 0.29) is 0 Å². The maximum atomic E-state index is 10.3. The first kappa shape index (κ1) is 7.54. The second-order valence-electron chi connectivity index (χ2n) is 1.94. The van der Waals surface area contributed by atoms with Gasteiger partial charge >= 0.3 is 4.88 Å². The third-order valence-corrected chi connectivity index (χ3v) is 1.35. The lowest BCUT2D eigenvalue weighted by Gasteiger charge is -2.05. The molecule has 0 aromatic heterocycles. The van der Waals surface area contributed by atoms with E-state index < -0.39 is 4.88 Å². The summed E-state index contributed by atoms with van der Waals surface area (Å²) in [7, 11) is 0. The molecule has 3 heteroatoms. The van der Waals surface area contributed by atoms with Crippen molar-refractivity contribution in [3.8, 4) is 0 Å². The monoisotopic (exact) mass is 202 g/mol. The summed E-state index contributed by atoms with van der Waals surface area (Å²) in [5.41, 5.74) is 0. The topological polar surface area (TPSA) is 26.3 Å². The Hall–Kier alpha value is -0.570. The minimum absolute atomic E-state index is 0.422. The normalized spacial score (nSPS) is 16.3. The highest BCUT2D eigenvalue weighted by molar-refractivity contribution is 9.18. The molecule has 0 fully saturated rings. The summed E-state index contributed by atoms with van der Waals surface area (Å²) in [5.74, 6) is 0.726. The Labute approximate surface area is 67.7 Å². The van der Waals surface area contributed by atoms with E-state index in [2.05, 4.69) is 15.9 Å². The highest BCUT2D eigenvalue weighted by atomic mass is 79.9. The van der Waals surface area contributed by atoms with Crippen LogP contribution in [0, 0.1) is 0 Å². The molecule has 0 bridgehead atoms. The van der Waals surface area contributed by atoms with Gasteiger partial charge in [0.15, 0.2) is 0 Å². The number of ether oxygens (including phenoxy) is 1. The van der Waals surface area contributed by atoms with E-state index in [0.29, 0.717) is 0 Å². The van der Waals surface area contributed by atoms with Crippen LogP contribution in [0.25, 0.3) is 0 Å². The molecule has 10 heavy (non-hydrogen) atoms. The van der Waals surface area contributed by atoms with Crippen molar-refractivity contribution in [3.63, 3.8) is 0 Å². The van der Waals surface area contributed by atoms with Crippen LogP contribution in [0.1, 0.15) is 12.8 Å². The van der Waals surface area contributed by atoms with Crippen molar-refractivity contribution in [2.24, 2.45) is 0 Å². The number of allylic oxidation sites excluding steroid dienone is 4. The summed E-state index contributed by atoms with van der Waals surface area (Å²) < 4.78 is 4.78. The van der Waals surface area contributed by atoms with Gasteiger partial charge in [0.05, 0.1) is 0 Å². The zero-order valence-corrected chi connectivity index (χ0v) is 6.93. The summed E-state index contributed by atoms with van der Waals surface area (Å²) >= 11 is 2.68. The molecule has 1 rings (SSSR count). The summed E-state index contributed by atoms with van der Waals surface area (Å²) in [5, 5.41) is 0. The largest absolute Gasteiger partial charge is 0.423 e. The van der Waals surface area contributed by atoms with Crippen LogP contribution in [0.5, 0.6) is 0 Å². The van der Waals surface area contributed by atoms with Gasteiger partial charge in [-0.3, -0.25) is 0 Å². The lowest BCUT2D eigenvalue weighted by atomic mass is 10.2. The Bertz CT molecular complexity index is 194. The maximum absolute atomic E-state index is 10.3. The van der Waals surface area contributed by atoms with Crippen LogP contribution in [0.3, 0.4) is 0 Å². The van der Waals surface area contributed by atoms with Crippen molar-refractivity contribution >= 4 is 20.8 Å². The fraction of sp³-hybridized carbons (Fsp3) is 0.286. The predicted molar refractivity (Wildman–Crippen MR) is 41.9 cm³/mol. The van der Waals surface area contributed by atoms with Crippen molar-refractivity contribution in [3.05, 3.63) is 24.0 Å². The van der Waals surface area contributed by atoms with Crippen molar-refractivity contribution < 1.29 is 9.53 Å². The van der Waals surface area contributed by atoms with E-state index in [1.807, 2.05) is 12.2 Å². The van der Waals surface area contributed by atoms with Crippen molar-refractivity contribution in [2.75, 3.05) is 0 Å². The zero-order valence-electron chi connectivity index (χ0n) is 5.34. The van der Waals surface area contributed by atoms with E-state index in [1.54, 1.807) is 6.08 Å². The number of carbonyl (C=O) groups is 1. The fourth-order valence-corrected chi connectivity index (χ4v) is 0.977. The number of hydrogen-bond acceptors (Lipinski definition) is 2. The third kappa shape index (κ3) is 2.35. The molecule has 0 aromatic rings. The van der Waals surface area contributed by atoms with Crippen LogP contribution in [0.15, 0.2) is 24.0 Å². The van der Waals surface area contributed by atoms with Crippen LogP contribution in [0.2, 0.25) is 0 Å². The summed E-state index contributed by atoms with van der Waals surface area (Å²) in [6, 6.07) is 0. The minimum atomic E-state index is -0.422. The summed E-state index contributed by atoms with van der Waals surface area (Å²) in [6.07, 6.45) is 7.48. The van der Waals surface area contributed by atoms with Gasteiger partial charge in [0, 0.05) is 22.4 Å². The number of halogens is 1. The fourth-order valence-electron chi connectivity index (χ4n) is 0.769. The average Bonchev–Trinajstić information content (AvgIpc) is 1.88. The van der Waals surface area contributed by atoms with Crippen LogP contribution < -0.4 is 0 Å². The predicted octanol–water partition coefficient (Wildman–Crippen LogP) is 2.75. The first-order valence-corrected chi connectivity index (χ1v) is 3.81. The molecule has 0 saturated heterocycles. The molecule has 0 N–H and O–H groups in total. The Morgan fingerprint density at radius 3 is 3.00 bits per heavy atom. The van der Waals surface area contributed by atoms with E-state index in [9.17, 15) is 4.79 Å². The molecule has 0 spiro atoms. The standard InChI is InChI=1S/C7H7BrO2/c8-7(9)10-6-4-2-1-3-5-6/h1-2,4H,3,5H2. The maximum Gasteiger partial charge on any atom is 0.379 e. The van der Waals surface area contributed by atoms with Crippen molar-refractivity contribution in [1.29, 1.82) is 0 Å². The van der Waals surface area contributed by atoms with Gasteiger partial charge in [-0.2, -0.15) is 0 Å². The Morgan fingerprint density at radius 2 is 2.50 bits per heavy atom. The Kier molecular flexibility index (Phi) is 2.68. The molecular weight excluding hydrogens is 196 g/mol. The highest BCUT2D eigenvalue weighted by Gasteiger charge is 2.03. The molecule has 1 aliphatic carbocycles. The molecular formula is C7H7BrO2. The quantitative estimate of drug-likeness (QED) is 0.612. The molecule has 54 valence electrons. The van der Waals surface area contributed by atoms with Crippen LogP contribution in [-0.4, -0.2) is 4.88 Å². The number of carbonyl (C=O) groups excluding carboxylic acids is 1. The van der Waals surface area contributed by atoms with Crippen molar-refractivity contribution in [1.82, 2.24) is 0 Å². The summed E-state index contributed by atoms with van der Waals surface area (Å²) in [4.78, 5) is 9.92. The average molecular weight is 203 g/mol. The van der Waals surface area contributed by atoms with Gasteiger partial charge in [-0.15, -0.1) is 0 Å².